The summed E-state index contributed by atoms with van der Waals surface area (Å²) in [4.78, 5) is 4.68. The van der Waals surface area contributed by atoms with Gasteiger partial charge in [-0.25, -0.2) is 4.98 Å². The normalized spacial score (nSPS) is 12.4. The molecule has 1 unspecified atom stereocenters. The Hall–Kier alpha value is -2.62. The van der Waals surface area contributed by atoms with Crippen LogP contribution in [-0.2, 0) is 6.54 Å². The van der Waals surface area contributed by atoms with Gasteiger partial charge in [-0.3, -0.25) is 0 Å². The quantitative estimate of drug-likeness (QED) is 0.574. The smallest absolute Gasteiger partial charge is 0.143 e. The summed E-state index contributed by atoms with van der Waals surface area (Å²) >= 11 is 6.35. The standard InChI is InChI=1S/C21H17ClN2O/c22-17-11-5-4-10-16(17)14-24-19-13-7-6-12-18(19)23-21(24)20(25)15-8-2-1-3-9-15/h1-13,20,25H,14H2. The Morgan fingerprint density at radius 3 is 2.36 bits per heavy atom. The minimum Gasteiger partial charge on any atom is -0.380 e. The van der Waals surface area contributed by atoms with Gasteiger partial charge in [-0.05, 0) is 29.3 Å². The summed E-state index contributed by atoms with van der Waals surface area (Å²) in [5, 5.41) is 11.6. The van der Waals surface area contributed by atoms with Crippen molar-refractivity contribution in [3.63, 3.8) is 0 Å². The first-order valence-corrected chi connectivity index (χ1v) is 8.53. The van der Waals surface area contributed by atoms with E-state index in [-0.39, 0.29) is 0 Å². The Kier molecular flexibility index (Phi) is 4.26. The number of halogens is 1. The number of nitrogens with zero attached hydrogens (tertiary/aromatic N) is 2. The fourth-order valence-corrected chi connectivity index (χ4v) is 3.25. The maximum atomic E-state index is 10.9. The van der Waals surface area contributed by atoms with Crippen LogP contribution in [0.15, 0.2) is 78.9 Å². The number of benzene rings is 3. The van der Waals surface area contributed by atoms with Crippen molar-refractivity contribution in [3.05, 3.63) is 101 Å². The molecule has 0 spiro atoms. The van der Waals surface area contributed by atoms with Crippen LogP contribution in [-0.4, -0.2) is 14.7 Å². The van der Waals surface area contributed by atoms with Crippen molar-refractivity contribution >= 4 is 22.6 Å². The summed E-state index contributed by atoms with van der Waals surface area (Å²) in [6, 6.07) is 25.2. The van der Waals surface area contributed by atoms with Crippen molar-refractivity contribution in [3.8, 4) is 0 Å². The van der Waals surface area contributed by atoms with Gasteiger partial charge in [0.1, 0.15) is 11.9 Å². The zero-order valence-electron chi connectivity index (χ0n) is 13.5. The monoisotopic (exact) mass is 348 g/mol. The molecular formula is C21H17ClN2O. The molecule has 0 radical (unpaired) electrons. The maximum Gasteiger partial charge on any atom is 0.143 e. The maximum absolute atomic E-state index is 10.9. The van der Waals surface area contributed by atoms with Gasteiger partial charge in [0.15, 0.2) is 0 Å². The zero-order chi connectivity index (χ0) is 17.2. The van der Waals surface area contributed by atoms with E-state index in [2.05, 4.69) is 4.98 Å². The number of hydrogen-bond acceptors (Lipinski definition) is 2. The molecule has 1 atom stereocenters. The minimum atomic E-state index is -0.795. The summed E-state index contributed by atoms with van der Waals surface area (Å²) in [7, 11) is 0. The van der Waals surface area contributed by atoms with Crippen LogP contribution in [0.5, 0.6) is 0 Å². The molecule has 0 aliphatic heterocycles. The van der Waals surface area contributed by atoms with Gasteiger partial charge < -0.3 is 9.67 Å². The Labute approximate surface area is 151 Å². The van der Waals surface area contributed by atoms with Crippen LogP contribution in [0.1, 0.15) is 23.1 Å². The van der Waals surface area contributed by atoms with Gasteiger partial charge in [-0.2, -0.15) is 0 Å². The second kappa shape index (κ2) is 6.71. The van der Waals surface area contributed by atoms with Gasteiger partial charge in [0.25, 0.3) is 0 Å². The van der Waals surface area contributed by atoms with E-state index >= 15 is 0 Å². The minimum absolute atomic E-state index is 0.555. The highest BCUT2D eigenvalue weighted by Crippen LogP contribution is 2.27. The van der Waals surface area contributed by atoms with Crippen molar-refractivity contribution in [2.45, 2.75) is 12.6 Å². The fraction of sp³-hybridized carbons (Fsp3) is 0.0952. The summed E-state index contributed by atoms with van der Waals surface area (Å²) in [5.41, 5.74) is 3.65. The van der Waals surface area contributed by atoms with Crippen LogP contribution < -0.4 is 0 Å². The lowest BCUT2D eigenvalue weighted by Gasteiger charge is -2.15. The van der Waals surface area contributed by atoms with E-state index in [1.54, 1.807) is 0 Å². The Balaban J connectivity index is 1.85. The molecule has 0 amide bonds. The second-order valence-electron chi connectivity index (χ2n) is 5.95. The Morgan fingerprint density at radius 2 is 1.56 bits per heavy atom. The van der Waals surface area contributed by atoms with Gasteiger partial charge in [-0.1, -0.05) is 72.3 Å². The molecule has 3 aromatic carbocycles. The van der Waals surface area contributed by atoms with Gasteiger partial charge in [0.2, 0.25) is 0 Å². The summed E-state index contributed by atoms with van der Waals surface area (Å²) in [6.45, 7) is 0.555. The van der Waals surface area contributed by atoms with E-state index in [1.165, 1.54) is 0 Å². The van der Waals surface area contributed by atoms with Crippen LogP contribution >= 0.6 is 11.6 Å². The first-order valence-electron chi connectivity index (χ1n) is 8.15. The van der Waals surface area contributed by atoms with Crippen molar-refractivity contribution < 1.29 is 5.11 Å². The summed E-state index contributed by atoms with van der Waals surface area (Å²) in [5.74, 6) is 0.618. The molecule has 0 bridgehead atoms. The molecule has 4 rings (SSSR count). The molecule has 1 aromatic heterocycles. The molecule has 124 valence electrons. The van der Waals surface area contributed by atoms with Crippen molar-refractivity contribution in [1.29, 1.82) is 0 Å². The second-order valence-corrected chi connectivity index (χ2v) is 6.36. The van der Waals surface area contributed by atoms with Gasteiger partial charge in [-0.15, -0.1) is 0 Å². The van der Waals surface area contributed by atoms with Crippen LogP contribution in [0, 0.1) is 0 Å². The molecule has 1 heterocycles. The van der Waals surface area contributed by atoms with Crippen molar-refractivity contribution in [1.82, 2.24) is 9.55 Å². The average molecular weight is 349 g/mol. The van der Waals surface area contributed by atoms with Crippen molar-refractivity contribution in [2.75, 3.05) is 0 Å². The lowest BCUT2D eigenvalue weighted by atomic mass is 10.1. The van der Waals surface area contributed by atoms with Crippen LogP contribution in [0.3, 0.4) is 0 Å². The molecule has 1 N–H and O–H groups in total. The molecule has 4 heteroatoms. The summed E-state index contributed by atoms with van der Waals surface area (Å²) in [6.07, 6.45) is -0.795. The predicted molar refractivity (Wildman–Crippen MR) is 101 cm³/mol. The third-order valence-electron chi connectivity index (χ3n) is 4.33. The third-order valence-corrected chi connectivity index (χ3v) is 4.70. The van der Waals surface area contributed by atoms with E-state index in [9.17, 15) is 5.11 Å². The lowest BCUT2D eigenvalue weighted by molar-refractivity contribution is 0.206. The Bertz CT molecular complexity index is 1010. The number of hydrogen-bond donors (Lipinski definition) is 1. The number of aromatic nitrogens is 2. The van der Waals surface area contributed by atoms with E-state index in [0.717, 1.165) is 22.2 Å². The highest BCUT2D eigenvalue weighted by atomic mass is 35.5. The zero-order valence-corrected chi connectivity index (χ0v) is 14.3. The first kappa shape index (κ1) is 15.9. The first-order chi connectivity index (χ1) is 12.2. The molecule has 4 aromatic rings. The SMILES string of the molecule is OC(c1ccccc1)c1nc2ccccc2n1Cc1ccccc1Cl. The molecule has 3 nitrogen and oxygen atoms in total. The van der Waals surface area contributed by atoms with Crippen molar-refractivity contribution in [2.24, 2.45) is 0 Å². The van der Waals surface area contributed by atoms with Crippen LogP contribution in [0.2, 0.25) is 5.02 Å². The van der Waals surface area contributed by atoms with Gasteiger partial charge >= 0.3 is 0 Å². The van der Waals surface area contributed by atoms with Gasteiger partial charge in [0.05, 0.1) is 17.6 Å². The largest absolute Gasteiger partial charge is 0.380 e. The molecule has 0 saturated heterocycles. The number of imidazole rings is 1. The molecule has 0 saturated carbocycles. The third kappa shape index (κ3) is 3.04. The summed E-state index contributed by atoms with van der Waals surface area (Å²) < 4.78 is 2.04. The van der Waals surface area contributed by atoms with E-state index in [0.29, 0.717) is 17.4 Å². The predicted octanol–water partition coefficient (Wildman–Crippen LogP) is 4.82. The molecule has 0 aliphatic carbocycles. The highest BCUT2D eigenvalue weighted by Gasteiger charge is 2.20. The molecular weight excluding hydrogens is 332 g/mol. The molecule has 0 aliphatic rings. The molecule has 0 fully saturated rings. The molecule has 25 heavy (non-hydrogen) atoms. The van der Waals surface area contributed by atoms with Crippen LogP contribution in [0.25, 0.3) is 11.0 Å². The number of para-hydroxylation sites is 2. The fourth-order valence-electron chi connectivity index (χ4n) is 3.05. The van der Waals surface area contributed by atoms with Gasteiger partial charge in [0, 0.05) is 5.02 Å². The highest BCUT2D eigenvalue weighted by molar-refractivity contribution is 6.31. The number of fused-ring (bicyclic) bond motifs is 1. The lowest BCUT2D eigenvalue weighted by Crippen LogP contribution is -2.11. The van der Waals surface area contributed by atoms with E-state index in [1.807, 2.05) is 83.4 Å². The Morgan fingerprint density at radius 1 is 0.880 bits per heavy atom. The van der Waals surface area contributed by atoms with Crippen LogP contribution in [0.4, 0.5) is 0 Å². The number of rotatable bonds is 4. The van der Waals surface area contributed by atoms with E-state index in [4.69, 9.17) is 11.6 Å². The number of aliphatic hydroxyl groups is 1. The average Bonchev–Trinajstić information content (AvgIpc) is 3.02. The topological polar surface area (TPSA) is 38.1 Å². The van der Waals surface area contributed by atoms with E-state index < -0.39 is 6.10 Å². The number of aliphatic hydroxyl groups excluding tert-OH is 1.